The molecule has 18 heavy (non-hydrogen) atoms. The van der Waals surface area contributed by atoms with Gasteiger partial charge in [-0.1, -0.05) is 0 Å². The molecular weight excluding hydrogens is 236 g/mol. The van der Waals surface area contributed by atoms with Crippen LogP contribution in [0.25, 0.3) is 0 Å². The van der Waals surface area contributed by atoms with Crippen LogP contribution in [0.5, 0.6) is 0 Å². The lowest BCUT2D eigenvalue weighted by Crippen LogP contribution is -2.38. The Morgan fingerprint density at radius 3 is 2.83 bits per heavy atom. The van der Waals surface area contributed by atoms with Gasteiger partial charge in [-0.2, -0.15) is 0 Å². The van der Waals surface area contributed by atoms with Gasteiger partial charge < -0.3 is 16.1 Å². The molecule has 1 aromatic heterocycles. The number of carbonyl (C=O) groups excluding carboxylic acids is 2. The van der Waals surface area contributed by atoms with Gasteiger partial charge in [0.25, 0.3) is 5.91 Å². The van der Waals surface area contributed by atoms with E-state index < -0.39 is 5.91 Å². The first-order chi connectivity index (χ1) is 8.69. The monoisotopic (exact) mass is 250 g/mol. The van der Waals surface area contributed by atoms with Crippen molar-refractivity contribution in [3.8, 4) is 0 Å². The van der Waals surface area contributed by atoms with Crippen LogP contribution in [0.1, 0.15) is 23.3 Å². The SMILES string of the molecule is NNc1cncc(C(=O)NCC(=O)NC2CC2)n1. The van der Waals surface area contributed by atoms with Crippen molar-refractivity contribution in [2.75, 3.05) is 12.0 Å². The highest BCUT2D eigenvalue weighted by molar-refractivity contribution is 5.94. The molecule has 1 aromatic rings. The molecule has 2 amide bonds. The predicted octanol–water partition coefficient (Wildman–Crippen LogP) is -1.23. The number of hydrogen-bond donors (Lipinski definition) is 4. The molecule has 5 N–H and O–H groups in total. The van der Waals surface area contributed by atoms with Gasteiger partial charge in [0.1, 0.15) is 5.69 Å². The molecule has 8 heteroatoms. The number of nitrogens with one attached hydrogen (secondary N) is 3. The van der Waals surface area contributed by atoms with Gasteiger partial charge in [0.15, 0.2) is 5.82 Å². The van der Waals surface area contributed by atoms with Gasteiger partial charge in [0.05, 0.1) is 18.9 Å². The molecule has 1 aliphatic rings. The molecule has 2 rings (SSSR count). The molecule has 0 bridgehead atoms. The lowest BCUT2D eigenvalue weighted by Gasteiger charge is -2.06. The molecule has 0 spiro atoms. The minimum Gasteiger partial charge on any atom is -0.352 e. The van der Waals surface area contributed by atoms with Crippen molar-refractivity contribution in [3.05, 3.63) is 18.1 Å². The molecule has 0 saturated heterocycles. The average Bonchev–Trinajstić information content (AvgIpc) is 3.20. The predicted molar refractivity (Wildman–Crippen MR) is 63.3 cm³/mol. The molecule has 0 unspecified atom stereocenters. The molecule has 1 saturated carbocycles. The number of hydrogen-bond acceptors (Lipinski definition) is 6. The van der Waals surface area contributed by atoms with Crippen molar-refractivity contribution in [1.29, 1.82) is 0 Å². The highest BCUT2D eigenvalue weighted by Gasteiger charge is 2.23. The van der Waals surface area contributed by atoms with Crippen molar-refractivity contribution in [2.24, 2.45) is 5.84 Å². The van der Waals surface area contributed by atoms with Crippen molar-refractivity contribution >= 4 is 17.6 Å². The van der Waals surface area contributed by atoms with Crippen LogP contribution in [0.15, 0.2) is 12.4 Å². The third-order valence-corrected chi connectivity index (χ3v) is 2.37. The molecular formula is C10H14N6O2. The molecule has 1 fully saturated rings. The standard InChI is InChI=1S/C10H14N6O2/c11-16-8-4-12-3-7(15-8)10(18)13-5-9(17)14-6-1-2-6/h3-4,6H,1-2,5,11H2,(H,13,18)(H,14,17)(H,15,16). The Kier molecular flexibility index (Phi) is 3.68. The van der Waals surface area contributed by atoms with Crippen LogP contribution in [0.2, 0.25) is 0 Å². The van der Waals surface area contributed by atoms with Crippen LogP contribution >= 0.6 is 0 Å². The molecule has 1 heterocycles. The third kappa shape index (κ3) is 3.39. The number of nitrogen functional groups attached to an aromatic ring is 1. The normalized spacial score (nSPS) is 13.8. The van der Waals surface area contributed by atoms with Crippen molar-refractivity contribution in [1.82, 2.24) is 20.6 Å². The average molecular weight is 250 g/mol. The van der Waals surface area contributed by atoms with E-state index in [2.05, 4.69) is 26.0 Å². The zero-order valence-electron chi connectivity index (χ0n) is 9.64. The zero-order valence-corrected chi connectivity index (χ0v) is 9.64. The van der Waals surface area contributed by atoms with Crippen molar-refractivity contribution < 1.29 is 9.59 Å². The number of aromatic nitrogens is 2. The van der Waals surface area contributed by atoms with Gasteiger partial charge in [0, 0.05) is 6.04 Å². The Morgan fingerprint density at radius 2 is 2.17 bits per heavy atom. The quantitative estimate of drug-likeness (QED) is 0.383. The maximum absolute atomic E-state index is 11.7. The van der Waals surface area contributed by atoms with E-state index in [-0.39, 0.29) is 30.0 Å². The molecule has 1 aliphatic carbocycles. The van der Waals surface area contributed by atoms with Crippen LogP contribution in [0.3, 0.4) is 0 Å². The first-order valence-electron chi connectivity index (χ1n) is 5.55. The van der Waals surface area contributed by atoms with Gasteiger partial charge in [-0.3, -0.25) is 14.6 Å². The second kappa shape index (κ2) is 5.41. The number of rotatable bonds is 5. The number of hydrazine groups is 1. The molecule has 96 valence electrons. The van der Waals surface area contributed by atoms with E-state index in [1.165, 1.54) is 12.4 Å². The highest BCUT2D eigenvalue weighted by Crippen LogP contribution is 2.18. The third-order valence-electron chi connectivity index (χ3n) is 2.37. The largest absolute Gasteiger partial charge is 0.352 e. The fraction of sp³-hybridized carbons (Fsp3) is 0.400. The first-order valence-corrected chi connectivity index (χ1v) is 5.55. The van der Waals surface area contributed by atoms with Gasteiger partial charge in [-0.15, -0.1) is 0 Å². The van der Waals surface area contributed by atoms with Crippen molar-refractivity contribution in [3.63, 3.8) is 0 Å². The smallest absolute Gasteiger partial charge is 0.272 e. The topological polar surface area (TPSA) is 122 Å². The summed E-state index contributed by atoms with van der Waals surface area (Å²) in [5.41, 5.74) is 2.39. The number of nitrogens with two attached hydrogens (primary N) is 1. The van der Waals surface area contributed by atoms with Crippen LogP contribution in [0.4, 0.5) is 5.82 Å². The van der Waals surface area contributed by atoms with Gasteiger partial charge >= 0.3 is 0 Å². The maximum Gasteiger partial charge on any atom is 0.272 e. The first kappa shape index (κ1) is 12.2. The lowest BCUT2D eigenvalue weighted by atomic mass is 10.4. The Hall–Kier alpha value is -2.22. The summed E-state index contributed by atoms with van der Waals surface area (Å²) in [4.78, 5) is 30.7. The van der Waals surface area contributed by atoms with E-state index in [1.54, 1.807) is 0 Å². The summed E-state index contributed by atoms with van der Waals surface area (Å²) in [6, 6.07) is 0.277. The van der Waals surface area contributed by atoms with Gasteiger partial charge in [-0.25, -0.2) is 10.8 Å². The van der Waals surface area contributed by atoms with Crippen LogP contribution < -0.4 is 21.9 Å². The summed E-state index contributed by atoms with van der Waals surface area (Å²) < 4.78 is 0. The van der Waals surface area contributed by atoms with Crippen LogP contribution in [0, 0.1) is 0 Å². The zero-order chi connectivity index (χ0) is 13.0. The fourth-order valence-electron chi connectivity index (χ4n) is 1.30. The Morgan fingerprint density at radius 1 is 1.39 bits per heavy atom. The molecule has 0 aliphatic heterocycles. The summed E-state index contributed by atoms with van der Waals surface area (Å²) in [5, 5.41) is 5.22. The van der Waals surface area contributed by atoms with Crippen molar-refractivity contribution in [2.45, 2.75) is 18.9 Å². The molecule has 8 nitrogen and oxygen atoms in total. The summed E-state index contributed by atoms with van der Waals surface area (Å²) in [6.45, 7) is -0.0721. The maximum atomic E-state index is 11.7. The number of anilines is 1. The molecule has 0 aromatic carbocycles. The number of carbonyl (C=O) groups is 2. The lowest BCUT2D eigenvalue weighted by molar-refractivity contribution is -0.120. The second-order valence-electron chi connectivity index (χ2n) is 3.96. The molecule has 0 atom stereocenters. The van der Waals surface area contributed by atoms with Gasteiger partial charge in [0.2, 0.25) is 5.91 Å². The van der Waals surface area contributed by atoms with E-state index in [9.17, 15) is 9.59 Å². The minimum absolute atomic E-state index is 0.0721. The Bertz CT molecular complexity index is 459. The van der Waals surface area contributed by atoms with E-state index in [0.717, 1.165) is 12.8 Å². The van der Waals surface area contributed by atoms with E-state index in [4.69, 9.17) is 5.84 Å². The number of nitrogens with zero attached hydrogens (tertiary/aromatic N) is 2. The van der Waals surface area contributed by atoms with E-state index in [0.29, 0.717) is 0 Å². The number of amides is 2. The fourth-order valence-corrected chi connectivity index (χ4v) is 1.30. The summed E-state index contributed by atoms with van der Waals surface area (Å²) in [6.07, 6.45) is 4.70. The Labute approximate surface area is 103 Å². The highest BCUT2D eigenvalue weighted by atomic mass is 16.2. The van der Waals surface area contributed by atoms with Gasteiger partial charge in [-0.05, 0) is 12.8 Å². The van der Waals surface area contributed by atoms with Crippen LogP contribution in [-0.4, -0.2) is 34.4 Å². The summed E-state index contributed by atoms with van der Waals surface area (Å²) in [7, 11) is 0. The molecule has 0 radical (unpaired) electrons. The van der Waals surface area contributed by atoms with Crippen LogP contribution in [-0.2, 0) is 4.79 Å². The summed E-state index contributed by atoms with van der Waals surface area (Å²) >= 11 is 0. The minimum atomic E-state index is -0.467. The van der Waals surface area contributed by atoms with E-state index >= 15 is 0 Å². The Balaban J connectivity index is 1.84. The van der Waals surface area contributed by atoms with E-state index in [1.807, 2.05) is 0 Å². The summed E-state index contributed by atoms with van der Waals surface area (Å²) in [5.74, 6) is 4.77. The second-order valence-corrected chi connectivity index (χ2v) is 3.96.